The largest absolute Gasteiger partial charge is 0.444 e. The van der Waals surface area contributed by atoms with Crippen LogP contribution in [0.15, 0.2) is 18.7 Å². The van der Waals surface area contributed by atoms with Crippen LogP contribution in [0.2, 0.25) is 25.7 Å². The number of carbonyl (C=O) groups excluding carboxylic acids is 1. The van der Waals surface area contributed by atoms with Crippen molar-refractivity contribution in [2.24, 2.45) is 0 Å². The first kappa shape index (κ1) is 26.7. The van der Waals surface area contributed by atoms with Crippen molar-refractivity contribution in [1.82, 2.24) is 29.2 Å². The second kappa shape index (κ2) is 9.40. The highest BCUT2D eigenvalue weighted by Gasteiger charge is 2.58. The van der Waals surface area contributed by atoms with Gasteiger partial charge in [0.05, 0.1) is 36.6 Å². The number of hydrogen-bond donors (Lipinski definition) is 0. The molecule has 4 heterocycles. The van der Waals surface area contributed by atoms with E-state index >= 15 is 0 Å². The van der Waals surface area contributed by atoms with Gasteiger partial charge in [0, 0.05) is 44.8 Å². The molecule has 9 nitrogen and oxygen atoms in total. The third kappa shape index (κ3) is 5.46. The summed E-state index contributed by atoms with van der Waals surface area (Å²) in [4.78, 5) is 23.4. The van der Waals surface area contributed by atoms with Gasteiger partial charge >= 0.3 is 6.09 Å². The Morgan fingerprint density at radius 2 is 1.95 bits per heavy atom. The van der Waals surface area contributed by atoms with Crippen LogP contribution in [-0.2, 0) is 29.3 Å². The summed E-state index contributed by atoms with van der Waals surface area (Å²) in [5.74, 6) is -3.64. The first-order chi connectivity index (χ1) is 17.7. The van der Waals surface area contributed by atoms with Crippen LogP contribution in [0.4, 0.5) is 13.6 Å². The lowest BCUT2D eigenvalue weighted by Gasteiger charge is -2.30. The standard InChI is InChI=1S/C26H36F2N6O3Si/c1-25(2,3)37-24(35)32-7-8-34-20(14-32)17(12-31-34)22-21-18(19-11-26(19,27)28)13-33(23(21)30-15-29-22)16-36-9-10-38(4,5)6/h12-13,15,19H,7-11,14,16H2,1-6H3. The van der Waals surface area contributed by atoms with E-state index in [0.717, 1.165) is 11.7 Å². The summed E-state index contributed by atoms with van der Waals surface area (Å²) in [6.45, 7) is 14.4. The summed E-state index contributed by atoms with van der Waals surface area (Å²) in [7, 11) is -1.26. The Morgan fingerprint density at radius 3 is 2.61 bits per heavy atom. The van der Waals surface area contributed by atoms with Gasteiger partial charge in [-0.3, -0.25) is 4.68 Å². The Labute approximate surface area is 222 Å². The molecule has 1 aliphatic heterocycles. The molecule has 1 unspecified atom stereocenters. The summed E-state index contributed by atoms with van der Waals surface area (Å²) < 4.78 is 43.8. The van der Waals surface area contributed by atoms with Crippen LogP contribution >= 0.6 is 0 Å². The van der Waals surface area contributed by atoms with Crippen molar-refractivity contribution in [2.45, 2.75) is 90.1 Å². The third-order valence-corrected chi connectivity index (χ3v) is 8.59. The molecular weight excluding hydrogens is 510 g/mol. The molecule has 206 valence electrons. The van der Waals surface area contributed by atoms with Gasteiger partial charge in [-0.25, -0.2) is 23.5 Å². The van der Waals surface area contributed by atoms with E-state index in [2.05, 4.69) is 34.7 Å². The zero-order valence-corrected chi connectivity index (χ0v) is 23.9. The molecule has 3 aromatic rings. The van der Waals surface area contributed by atoms with E-state index in [0.29, 0.717) is 47.6 Å². The van der Waals surface area contributed by atoms with Gasteiger partial charge in [-0.2, -0.15) is 5.10 Å². The van der Waals surface area contributed by atoms with Crippen LogP contribution < -0.4 is 0 Å². The van der Waals surface area contributed by atoms with Gasteiger partial charge in [0.2, 0.25) is 0 Å². The van der Waals surface area contributed by atoms with Crippen molar-refractivity contribution in [3.05, 3.63) is 30.0 Å². The maximum absolute atomic E-state index is 14.3. The number of nitrogens with zero attached hydrogens (tertiary/aromatic N) is 6. The number of aromatic nitrogens is 5. The number of halogens is 2. The molecular formula is C26H36F2N6O3Si. The van der Waals surface area contributed by atoms with E-state index in [9.17, 15) is 13.6 Å². The number of alkyl halides is 2. The quantitative estimate of drug-likeness (QED) is 0.288. The Bertz CT molecular complexity index is 1360. The van der Waals surface area contributed by atoms with Gasteiger partial charge in [-0.05, 0) is 32.4 Å². The molecule has 1 amide bonds. The second-order valence-electron chi connectivity index (χ2n) is 12.5. The molecule has 2 aliphatic rings. The van der Waals surface area contributed by atoms with E-state index in [1.165, 1.54) is 6.33 Å². The molecule has 0 radical (unpaired) electrons. The number of hydrogen-bond acceptors (Lipinski definition) is 6. The minimum atomic E-state index is -2.75. The SMILES string of the molecule is CC(C)(C)OC(=O)N1CCn2ncc(-c3ncnc4c3c(C3CC3(F)F)cn4COCC[Si](C)(C)C)c2C1. The topological polar surface area (TPSA) is 87.3 Å². The molecule has 1 saturated carbocycles. The Morgan fingerprint density at radius 1 is 1.21 bits per heavy atom. The number of amides is 1. The molecule has 0 bridgehead atoms. The summed E-state index contributed by atoms with van der Waals surface area (Å²) in [6, 6.07) is 1.01. The van der Waals surface area contributed by atoms with Gasteiger partial charge in [0.1, 0.15) is 24.3 Å². The molecule has 38 heavy (non-hydrogen) atoms. The van der Waals surface area contributed by atoms with E-state index in [1.807, 2.05) is 25.5 Å². The third-order valence-electron chi connectivity index (χ3n) is 6.89. The highest BCUT2D eigenvalue weighted by Crippen LogP contribution is 2.58. The Kier molecular flexibility index (Phi) is 6.62. The zero-order chi connectivity index (χ0) is 27.5. The van der Waals surface area contributed by atoms with Crippen LogP contribution in [0.5, 0.6) is 0 Å². The summed E-state index contributed by atoms with van der Waals surface area (Å²) in [6.07, 6.45) is 4.29. The monoisotopic (exact) mass is 546 g/mol. The molecule has 1 aliphatic carbocycles. The van der Waals surface area contributed by atoms with E-state index in [-0.39, 0.29) is 19.7 Å². The predicted molar refractivity (Wildman–Crippen MR) is 142 cm³/mol. The zero-order valence-electron chi connectivity index (χ0n) is 22.9. The summed E-state index contributed by atoms with van der Waals surface area (Å²) in [5, 5.41) is 5.11. The summed E-state index contributed by atoms with van der Waals surface area (Å²) >= 11 is 0. The van der Waals surface area contributed by atoms with E-state index in [4.69, 9.17) is 9.47 Å². The van der Waals surface area contributed by atoms with Crippen LogP contribution in [-0.4, -0.2) is 68.1 Å². The Balaban J connectivity index is 1.50. The second-order valence-corrected chi connectivity index (χ2v) is 18.1. The van der Waals surface area contributed by atoms with Crippen LogP contribution in [0.3, 0.4) is 0 Å². The minimum Gasteiger partial charge on any atom is -0.444 e. The van der Waals surface area contributed by atoms with Gasteiger partial charge in [0.15, 0.2) is 0 Å². The fraction of sp³-hybridized carbons (Fsp3) is 0.615. The lowest BCUT2D eigenvalue weighted by Crippen LogP contribution is -2.41. The van der Waals surface area contributed by atoms with Gasteiger partial charge in [0.25, 0.3) is 5.92 Å². The van der Waals surface area contributed by atoms with Crippen molar-refractivity contribution >= 4 is 25.2 Å². The van der Waals surface area contributed by atoms with Gasteiger partial charge < -0.3 is 18.9 Å². The average Bonchev–Trinajstić information content (AvgIpc) is 3.15. The normalized spacial score (nSPS) is 19.1. The van der Waals surface area contributed by atoms with Crippen molar-refractivity contribution in [3.8, 4) is 11.3 Å². The lowest BCUT2D eigenvalue weighted by molar-refractivity contribution is 0.0195. The average molecular weight is 547 g/mol. The van der Waals surface area contributed by atoms with Gasteiger partial charge in [-0.15, -0.1) is 0 Å². The highest BCUT2D eigenvalue weighted by atomic mass is 28.3. The number of fused-ring (bicyclic) bond motifs is 2. The van der Waals surface area contributed by atoms with Crippen LogP contribution in [0.25, 0.3) is 22.3 Å². The molecule has 0 saturated heterocycles. The fourth-order valence-electron chi connectivity index (χ4n) is 4.74. The predicted octanol–water partition coefficient (Wildman–Crippen LogP) is 5.48. The number of rotatable bonds is 7. The van der Waals surface area contributed by atoms with E-state index in [1.54, 1.807) is 21.9 Å². The first-order valence-electron chi connectivity index (χ1n) is 13.1. The van der Waals surface area contributed by atoms with Crippen LogP contribution in [0, 0.1) is 0 Å². The fourth-order valence-corrected chi connectivity index (χ4v) is 5.49. The first-order valence-corrected chi connectivity index (χ1v) is 16.8. The smallest absolute Gasteiger partial charge is 0.410 e. The highest BCUT2D eigenvalue weighted by molar-refractivity contribution is 6.76. The molecule has 3 aromatic heterocycles. The molecule has 0 spiro atoms. The number of carbonyl (C=O) groups is 1. The van der Waals surface area contributed by atoms with Crippen molar-refractivity contribution in [2.75, 3.05) is 13.2 Å². The van der Waals surface area contributed by atoms with Gasteiger partial charge in [-0.1, -0.05) is 19.6 Å². The molecule has 0 N–H and O–H groups in total. The molecule has 5 rings (SSSR count). The number of ether oxygens (including phenoxy) is 2. The maximum Gasteiger partial charge on any atom is 0.410 e. The lowest BCUT2D eigenvalue weighted by atomic mass is 10.0. The molecule has 0 aromatic carbocycles. The van der Waals surface area contributed by atoms with Crippen molar-refractivity contribution in [1.29, 1.82) is 0 Å². The maximum atomic E-state index is 14.3. The molecule has 1 atom stereocenters. The van der Waals surface area contributed by atoms with E-state index < -0.39 is 31.6 Å². The van der Waals surface area contributed by atoms with Crippen LogP contribution in [0.1, 0.15) is 44.4 Å². The molecule has 1 fully saturated rings. The summed E-state index contributed by atoms with van der Waals surface area (Å²) in [5.41, 5.74) is 2.50. The minimum absolute atomic E-state index is 0.199. The Hall–Kier alpha value is -2.86. The molecule has 12 heteroatoms. The van der Waals surface area contributed by atoms with Crippen molar-refractivity contribution < 1.29 is 23.0 Å². The van der Waals surface area contributed by atoms with Crippen molar-refractivity contribution in [3.63, 3.8) is 0 Å².